The molecule has 2 nitrogen and oxygen atoms in total. The number of ketones is 1. The summed E-state index contributed by atoms with van der Waals surface area (Å²) in [5.41, 5.74) is 0.286. The first-order chi connectivity index (χ1) is 5.75. The number of Topliss-reactive ketones (excluding diaryl/α,β-unsaturated/α-hetero) is 1. The van der Waals surface area contributed by atoms with Gasteiger partial charge in [-0.3, -0.25) is 4.79 Å². The Kier molecular flexibility index (Phi) is 5.11. The number of carbonyl (C=O) groups is 1. The zero-order valence-electron chi connectivity index (χ0n) is 7.61. The molecule has 0 heterocycles. The van der Waals surface area contributed by atoms with Crippen LogP contribution in [0.25, 0.3) is 0 Å². The summed E-state index contributed by atoms with van der Waals surface area (Å²) in [5.74, 6) is -0.571. The second kappa shape index (κ2) is 5.08. The van der Waals surface area contributed by atoms with Gasteiger partial charge in [0, 0.05) is 5.57 Å². The van der Waals surface area contributed by atoms with Crippen LogP contribution >= 0.6 is 34.8 Å². The van der Waals surface area contributed by atoms with Crippen molar-refractivity contribution >= 4 is 40.6 Å². The van der Waals surface area contributed by atoms with Gasteiger partial charge >= 0.3 is 0 Å². The first kappa shape index (κ1) is 13.1. The summed E-state index contributed by atoms with van der Waals surface area (Å²) in [7, 11) is 0. The maximum atomic E-state index is 11.2. The van der Waals surface area contributed by atoms with Crippen LogP contribution in [0.4, 0.5) is 0 Å². The molecular weight excluding hydrogens is 234 g/mol. The lowest BCUT2D eigenvalue weighted by atomic mass is 10.2. The lowest BCUT2D eigenvalue weighted by molar-refractivity contribution is -0.114. The fraction of sp³-hybridized carbons (Fsp3) is 0.625. The van der Waals surface area contributed by atoms with Crippen LogP contribution in [0.5, 0.6) is 0 Å². The smallest absolute Gasteiger partial charge is 0.253 e. The average molecular weight is 246 g/mol. The van der Waals surface area contributed by atoms with E-state index in [0.29, 0.717) is 0 Å². The highest BCUT2D eigenvalue weighted by molar-refractivity contribution is 6.77. The summed E-state index contributed by atoms with van der Waals surface area (Å²) in [6.45, 7) is 5.21. The number of carbonyl (C=O) groups excluding carboxylic acids is 1. The second-order valence-electron chi connectivity index (χ2n) is 2.81. The Morgan fingerprint density at radius 1 is 1.38 bits per heavy atom. The first-order valence-corrected chi connectivity index (χ1v) is 4.82. The van der Waals surface area contributed by atoms with Gasteiger partial charge < -0.3 is 4.74 Å². The van der Waals surface area contributed by atoms with E-state index in [4.69, 9.17) is 39.5 Å². The van der Waals surface area contributed by atoms with Gasteiger partial charge in [-0.1, -0.05) is 34.8 Å². The largest absolute Gasteiger partial charge is 0.498 e. The van der Waals surface area contributed by atoms with E-state index in [1.807, 2.05) is 13.8 Å². The van der Waals surface area contributed by atoms with Crippen LogP contribution < -0.4 is 0 Å². The molecule has 13 heavy (non-hydrogen) atoms. The number of hydrogen-bond acceptors (Lipinski definition) is 2. The van der Waals surface area contributed by atoms with E-state index in [9.17, 15) is 4.79 Å². The van der Waals surface area contributed by atoms with Gasteiger partial charge in [-0.2, -0.15) is 0 Å². The molecule has 0 fully saturated rings. The van der Waals surface area contributed by atoms with Crippen LogP contribution in [-0.2, 0) is 9.53 Å². The van der Waals surface area contributed by atoms with E-state index >= 15 is 0 Å². The Bertz CT molecular complexity index is 216. The molecule has 0 N–H and O–H groups in total. The zero-order valence-corrected chi connectivity index (χ0v) is 9.87. The molecule has 0 aliphatic rings. The number of ether oxygens (including phenoxy) is 1. The topological polar surface area (TPSA) is 26.3 Å². The lowest BCUT2D eigenvalue weighted by Crippen LogP contribution is -2.20. The highest BCUT2D eigenvalue weighted by Gasteiger charge is 2.31. The van der Waals surface area contributed by atoms with Crippen molar-refractivity contribution in [3.63, 3.8) is 0 Å². The third-order valence-corrected chi connectivity index (χ3v) is 1.65. The third-order valence-electron chi connectivity index (χ3n) is 1.13. The molecule has 0 bridgehead atoms. The van der Waals surface area contributed by atoms with Gasteiger partial charge in [0.15, 0.2) is 0 Å². The molecule has 0 saturated carbocycles. The van der Waals surface area contributed by atoms with Crippen LogP contribution in [0.1, 0.15) is 20.8 Å². The van der Waals surface area contributed by atoms with E-state index in [1.165, 1.54) is 13.2 Å². The molecule has 0 aromatic heterocycles. The van der Waals surface area contributed by atoms with Gasteiger partial charge in [-0.15, -0.1) is 0 Å². The molecule has 5 heteroatoms. The minimum absolute atomic E-state index is 0.00173. The van der Waals surface area contributed by atoms with Gasteiger partial charge in [0.25, 0.3) is 3.79 Å². The van der Waals surface area contributed by atoms with Crippen molar-refractivity contribution in [2.45, 2.75) is 30.7 Å². The highest BCUT2D eigenvalue weighted by Crippen LogP contribution is 2.29. The van der Waals surface area contributed by atoms with Crippen LogP contribution in [0.15, 0.2) is 11.8 Å². The third kappa shape index (κ3) is 5.40. The van der Waals surface area contributed by atoms with Gasteiger partial charge in [0.2, 0.25) is 5.78 Å². The fourth-order valence-corrected chi connectivity index (χ4v) is 0.962. The van der Waals surface area contributed by atoms with Crippen molar-refractivity contribution in [3.05, 3.63) is 11.8 Å². The number of alkyl halides is 3. The molecule has 0 saturated heterocycles. The molecule has 0 rings (SSSR count). The van der Waals surface area contributed by atoms with Crippen molar-refractivity contribution < 1.29 is 9.53 Å². The summed E-state index contributed by atoms with van der Waals surface area (Å²) in [4.78, 5) is 11.2. The first-order valence-electron chi connectivity index (χ1n) is 3.69. The summed E-state index contributed by atoms with van der Waals surface area (Å²) >= 11 is 16.1. The van der Waals surface area contributed by atoms with Crippen molar-refractivity contribution in [1.82, 2.24) is 0 Å². The van der Waals surface area contributed by atoms with Crippen LogP contribution in [0.3, 0.4) is 0 Å². The fourth-order valence-electron chi connectivity index (χ4n) is 0.515. The van der Waals surface area contributed by atoms with Gasteiger partial charge in [-0.25, -0.2) is 0 Å². The summed E-state index contributed by atoms with van der Waals surface area (Å²) in [6.07, 6.45) is 1.30. The SMILES string of the molecule is C/C(=C\OC(C)C)C(=O)C(Cl)(Cl)Cl. The second-order valence-corrected chi connectivity index (χ2v) is 5.09. The minimum Gasteiger partial charge on any atom is -0.498 e. The van der Waals surface area contributed by atoms with E-state index in [-0.39, 0.29) is 11.7 Å². The Morgan fingerprint density at radius 2 is 1.85 bits per heavy atom. The van der Waals surface area contributed by atoms with E-state index in [0.717, 1.165) is 0 Å². The molecule has 76 valence electrons. The maximum Gasteiger partial charge on any atom is 0.253 e. The van der Waals surface area contributed by atoms with E-state index < -0.39 is 9.58 Å². The molecule has 0 aromatic rings. The summed E-state index contributed by atoms with van der Waals surface area (Å²) in [5, 5.41) is 0. The van der Waals surface area contributed by atoms with Crippen LogP contribution in [0.2, 0.25) is 0 Å². The normalized spacial score (nSPS) is 13.3. The Morgan fingerprint density at radius 3 is 2.15 bits per heavy atom. The summed E-state index contributed by atoms with van der Waals surface area (Å²) in [6, 6.07) is 0. The monoisotopic (exact) mass is 244 g/mol. The molecule has 0 atom stereocenters. The molecule has 0 aromatic carbocycles. The Labute approximate surface area is 92.8 Å². The zero-order chi connectivity index (χ0) is 10.6. The van der Waals surface area contributed by atoms with Gasteiger partial charge in [-0.05, 0) is 20.8 Å². The lowest BCUT2D eigenvalue weighted by Gasteiger charge is -2.10. The molecule has 0 aliphatic carbocycles. The van der Waals surface area contributed by atoms with Crippen molar-refractivity contribution in [1.29, 1.82) is 0 Å². The molecule has 0 radical (unpaired) electrons. The van der Waals surface area contributed by atoms with E-state index in [1.54, 1.807) is 0 Å². The minimum atomic E-state index is -1.90. The highest BCUT2D eigenvalue weighted by atomic mass is 35.6. The van der Waals surface area contributed by atoms with Crippen LogP contribution in [-0.4, -0.2) is 15.7 Å². The van der Waals surface area contributed by atoms with Gasteiger partial charge in [0.05, 0.1) is 12.4 Å². The standard InChI is InChI=1S/C8H11Cl3O2/c1-5(2)13-4-6(3)7(12)8(9,10)11/h4-5H,1-3H3/b6-4+. The maximum absolute atomic E-state index is 11.2. The molecule has 0 aliphatic heterocycles. The predicted octanol–water partition coefficient (Wildman–Crippen LogP) is 3.25. The number of allylic oxidation sites excluding steroid dienone is 1. The average Bonchev–Trinajstić information content (AvgIpc) is 1.96. The predicted molar refractivity (Wildman–Crippen MR) is 55.3 cm³/mol. The van der Waals surface area contributed by atoms with Crippen LogP contribution in [0, 0.1) is 0 Å². The quantitative estimate of drug-likeness (QED) is 0.433. The number of rotatable bonds is 3. The molecule has 0 spiro atoms. The number of hydrogen-bond donors (Lipinski definition) is 0. The van der Waals surface area contributed by atoms with E-state index in [2.05, 4.69) is 0 Å². The van der Waals surface area contributed by atoms with Crippen molar-refractivity contribution in [3.8, 4) is 0 Å². The summed E-state index contributed by atoms with van der Waals surface area (Å²) < 4.78 is 3.16. The van der Waals surface area contributed by atoms with Crippen molar-refractivity contribution in [2.75, 3.05) is 0 Å². The molecule has 0 amide bonds. The molecular formula is C8H11Cl3O2. The van der Waals surface area contributed by atoms with Gasteiger partial charge in [0.1, 0.15) is 0 Å². The molecule has 0 unspecified atom stereocenters. The Hall–Kier alpha value is 0.0800. The Balaban J connectivity index is 4.35. The number of halogens is 3. The van der Waals surface area contributed by atoms with Crippen molar-refractivity contribution in [2.24, 2.45) is 0 Å².